The molecule has 1 fully saturated rings. The van der Waals surface area contributed by atoms with Gasteiger partial charge < -0.3 is 4.74 Å². The van der Waals surface area contributed by atoms with Gasteiger partial charge in [0.1, 0.15) is 5.01 Å². The van der Waals surface area contributed by atoms with Crippen molar-refractivity contribution in [3.05, 3.63) is 50.5 Å². The highest BCUT2D eigenvalue weighted by molar-refractivity contribution is 7.89. The molecule has 1 aromatic heterocycles. The third kappa shape index (κ3) is 4.31. The average Bonchev–Trinajstić information content (AvgIpc) is 3.37. The summed E-state index contributed by atoms with van der Waals surface area (Å²) in [6.45, 7) is 1.96. The number of ether oxygens (including phenoxy) is 1. The third-order valence-corrected chi connectivity index (χ3v) is 6.68. The van der Waals surface area contributed by atoms with E-state index in [1.165, 1.54) is 45.3 Å². The number of esters is 1. The van der Waals surface area contributed by atoms with E-state index in [4.69, 9.17) is 4.74 Å². The number of nitrogens with zero attached hydrogens (tertiary/aromatic N) is 3. The Morgan fingerprint density at radius 3 is 2.59 bits per heavy atom. The molecule has 0 atom stereocenters. The molecule has 1 heterocycles. The van der Waals surface area contributed by atoms with E-state index in [9.17, 15) is 23.3 Å². The smallest absolute Gasteiger partial charge is 0.357 e. The topological polar surface area (TPSA) is 120 Å². The van der Waals surface area contributed by atoms with Gasteiger partial charge in [-0.05, 0) is 31.9 Å². The molecule has 0 bridgehead atoms. The summed E-state index contributed by atoms with van der Waals surface area (Å²) in [6.07, 6.45) is 1.48. The fourth-order valence-electron chi connectivity index (χ4n) is 2.46. The van der Waals surface area contributed by atoms with Gasteiger partial charge in [-0.25, -0.2) is 18.2 Å². The summed E-state index contributed by atoms with van der Waals surface area (Å²) in [5, 5.41) is 12.8. The predicted octanol–water partition coefficient (Wildman–Crippen LogP) is 2.58. The largest absolute Gasteiger partial charge is 0.461 e. The first-order chi connectivity index (χ1) is 12.8. The molecule has 1 saturated carbocycles. The molecule has 27 heavy (non-hydrogen) atoms. The second kappa shape index (κ2) is 7.71. The van der Waals surface area contributed by atoms with E-state index in [1.54, 1.807) is 6.92 Å². The van der Waals surface area contributed by atoms with Crippen LogP contribution >= 0.6 is 11.3 Å². The summed E-state index contributed by atoms with van der Waals surface area (Å²) in [4.78, 5) is 26.1. The standard InChI is InChI=1S/C16H17N3O6S2/c1-2-25-16(20)14-10-26-15(17-14)9-18(11-3-4-11)27(23,24)13-7-5-12(6-8-13)19(21)22/h5-8,10-11H,2-4,9H2,1H3. The van der Waals surface area contributed by atoms with Gasteiger partial charge >= 0.3 is 5.97 Å². The van der Waals surface area contributed by atoms with Gasteiger partial charge in [0.2, 0.25) is 10.0 Å². The molecule has 1 aliphatic carbocycles. The van der Waals surface area contributed by atoms with Crippen LogP contribution in [0.3, 0.4) is 0 Å². The lowest BCUT2D eigenvalue weighted by Crippen LogP contribution is -2.32. The number of hydrogen-bond acceptors (Lipinski definition) is 8. The first-order valence-electron chi connectivity index (χ1n) is 8.20. The summed E-state index contributed by atoms with van der Waals surface area (Å²) in [5.41, 5.74) is -0.0220. The van der Waals surface area contributed by atoms with Crippen LogP contribution in [-0.4, -0.2) is 41.2 Å². The average molecular weight is 411 g/mol. The molecule has 1 aromatic carbocycles. The molecule has 0 saturated heterocycles. The minimum absolute atomic E-state index is 0.0119. The molecule has 2 aromatic rings. The van der Waals surface area contributed by atoms with Gasteiger partial charge in [0.05, 0.1) is 23.0 Å². The highest BCUT2D eigenvalue weighted by Gasteiger charge is 2.38. The van der Waals surface area contributed by atoms with Crippen LogP contribution in [0.1, 0.15) is 35.3 Å². The Kier molecular flexibility index (Phi) is 5.53. The van der Waals surface area contributed by atoms with Gasteiger partial charge in [0.25, 0.3) is 5.69 Å². The minimum atomic E-state index is -3.84. The highest BCUT2D eigenvalue weighted by Crippen LogP contribution is 2.34. The van der Waals surface area contributed by atoms with E-state index in [0.717, 1.165) is 12.8 Å². The fraction of sp³-hybridized carbons (Fsp3) is 0.375. The van der Waals surface area contributed by atoms with Gasteiger partial charge in [-0.3, -0.25) is 10.1 Å². The number of nitro benzene ring substituents is 1. The number of sulfonamides is 1. The van der Waals surface area contributed by atoms with Crippen molar-refractivity contribution in [2.24, 2.45) is 0 Å². The van der Waals surface area contributed by atoms with Crippen molar-refractivity contribution in [3.8, 4) is 0 Å². The predicted molar refractivity (Wildman–Crippen MR) is 96.9 cm³/mol. The SMILES string of the molecule is CCOC(=O)c1csc(CN(C2CC2)S(=O)(=O)c2ccc([N+](=O)[O-])cc2)n1. The maximum absolute atomic E-state index is 13.0. The van der Waals surface area contributed by atoms with Gasteiger partial charge in [-0.2, -0.15) is 4.31 Å². The van der Waals surface area contributed by atoms with Gasteiger partial charge in [-0.1, -0.05) is 0 Å². The van der Waals surface area contributed by atoms with Gasteiger partial charge in [0.15, 0.2) is 5.69 Å². The molecule has 0 aliphatic heterocycles. The van der Waals surface area contributed by atoms with Crippen LogP contribution in [-0.2, 0) is 21.3 Å². The van der Waals surface area contributed by atoms with E-state index in [2.05, 4.69) is 4.98 Å². The zero-order valence-electron chi connectivity index (χ0n) is 14.4. The third-order valence-electron chi connectivity index (χ3n) is 3.94. The van der Waals surface area contributed by atoms with Crippen molar-refractivity contribution in [3.63, 3.8) is 0 Å². The Hall–Kier alpha value is -2.37. The number of rotatable bonds is 8. The lowest BCUT2D eigenvalue weighted by Gasteiger charge is -2.20. The second-order valence-electron chi connectivity index (χ2n) is 5.88. The summed E-state index contributed by atoms with van der Waals surface area (Å²) in [7, 11) is -3.84. The number of thiazole rings is 1. The number of carbonyl (C=O) groups excluding carboxylic acids is 1. The Labute approximate surface area is 159 Å². The lowest BCUT2D eigenvalue weighted by atomic mass is 10.3. The molecule has 144 valence electrons. The quantitative estimate of drug-likeness (QED) is 0.372. The summed E-state index contributed by atoms with van der Waals surface area (Å²) < 4.78 is 32.2. The Balaban J connectivity index is 1.83. The number of non-ortho nitro benzene ring substituents is 1. The number of benzene rings is 1. The van der Waals surface area contributed by atoms with Gasteiger partial charge in [-0.15, -0.1) is 11.3 Å². The minimum Gasteiger partial charge on any atom is -0.461 e. The molecule has 9 nitrogen and oxygen atoms in total. The number of carbonyl (C=O) groups is 1. The molecule has 1 aliphatic rings. The van der Waals surface area contributed by atoms with Crippen LogP contribution in [0.2, 0.25) is 0 Å². The van der Waals surface area contributed by atoms with Crippen molar-refractivity contribution in [2.75, 3.05) is 6.61 Å². The van der Waals surface area contributed by atoms with Crippen LogP contribution in [0, 0.1) is 10.1 Å². The second-order valence-corrected chi connectivity index (χ2v) is 8.71. The molecule has 0 radical (unpaired) electrons. The van der Waals surface area contributed by atoms with E-state index in [-0.39, 0.29) is 35.5 Å². The number of nitro groups is 1. The molecule has 3 rings (SSSR count). The monoisotopic (exact) mass is 411 g/mol. The molecule has 11 heteroatoms. The van der Waals surface area contributed by atoms with Crippen molar-refractivity contribution in [1.82, 2.24) is 9.29 Å². The van der Waals surface area contributed by atoms with Crippen LogP contribution in [0.5, 0.6) is 0 Å². The maximum atomic E-state index is 13.0. The first-order valence-corrected chi connectivity index (χ1v) is 10.5. The highest BCUT2D eigenvalue weighted by atomic mass is 32.2. The van der Waals surface area contributed by atoms with Crippen molar-refractivity contribution < 1.29 is 22.9 Å². The molecule has 0 N–H and O–H groups in total. The first kappa shape index (κ1) is 19.4. The summed E-state index contributed by atoms with van der Waals surface area (Å²) in [5.74, 6) is -0.545. The normalized spacial score (nSPS) is 14.3. The summed E-state index contributed by atoms with van der Waals surface area (Å²) in [6, 6.07) is 4.66. The summed E-state index contributed by atoms with van der Waals surface area (Å²) >= 11 is 1.19. The van der Waals surface area contributed by atoms with Crippen LogP contribution in [0.4, 0.5) is 5.69 Å². The van der Waals surface area contributed by atoms with Crippen LogP contribution < -0.4 is 0 Å². The number of hydrogen-bond donors (Lipinski definition) is 0. The van der Waals surface area contributed by atoms with Crippen LogP contribution in [0.25, 0.3) is 0 Å². The maximum Gasteiger partial charge on any atom is 0.357 e. The van der Waals surface area contributed by atoms with E-state index < -0.39 is 20.9 Å². The molecular formula is C16H17N3O6S2. The molecular weight excluding hydrogens is 394 g/mol. The molecule has 0 amide bonds. The van der Waals surface area contributed by atoms with Crippen molar-refractivity contribution in [1.29, 1.82) is 0 Å². The zero-order chi connectivity index (χ0) is 19.6. The Morgan fingerprint density at radius 2 is 2.04 bits per heavy atom. The zero-order valence-corrected chi connectivity index (χ0v) is 16.0. The Bertz CT molecular complexity index is 951. The fourth-order valence-corrected chi connectivity index (χ4v) is 4.95. The van der Waals surface area contributed by atoms with Gasteiger partial charge in [0, 0.05) is 23.6 Å². The van der Waals surface area contributed by atoms with E-state index >= 15 is 0 Å². The van der Waals surface area contributed by atoms with E-state index in [1.807, 2.05) is 0 Å². The van der Waals surface area contributed by atoms with Crippen LogP contribution in [0.15, 0.2) is 34.5 Å². The molecule has 0 unspecified atom stereocenters. The van der Waals surface area contributed by atoms with E-state index in [0.29, 0.717) is 5.01 Å². The molecule has 0 spiro atoms. The number of aromatic nitrogens is 1. The lowest BCUT2D eigenvalue weighted by molar-refractivity contribution is -0.384. The van der Waals surface area contributed by atoms with Crippen molar-refractivity contribution in [2.45, 2.75) is 37.2 Å². The Morgan fingerprint density at radius 1 is 1.37 bits per heavy atom. The van der Waals surface area contributed by atoms with Crippen molar-refractivity contribution >= 4 is 33.0 Å².